The zero-order valence-electron chi connectivity index (χ0n) is 16.0. The summed E-state index contributed by atoms with van der Waals surface area (Å²) < 4.78 is 41.2. The van der Waals surface area contributed by atoms with Crippen LogP contribution < -0.4 is 10.3 Å². The van der Waals surface area contributed by atoms with Crippen LogP contribution in [0.1, 0.15) is 27.3 Å². The van der Waals surface area contributed by atoms with Crippen molar-refractivity contribution in [3.63, 3.8) is 0 Å². The van der Waals surface area contributed by atoms with E-state index < -0.39 is 28.8 Å². The Hall–Kier alpha value is -3.42. The van der Waals surface area contributed by atoms with Crippen LogP contribution in [-0.4, -0.2) is 22.7 Å². The summed E-state index contributed by atoms with van der Waals surface area (Å²) in [6, 6.07) is 13.0. The van der Waals surface area contributed by atoms with Gasteiger partial charge in [0.2, 0.25) is 5.43 Å². The Labute approximate surface area is 165 Å². The van der Waals surface area contributed by atoms with Gasteiger partial charge in [0.15, 0.2) is 5.69 Å². The van der Waals surface area contributed by atoms with Crippen molar-refractivity contribution in [1.82, 2.24) is 9.78 Å². The van der Waals surface area contributed by atoms with Crippen LogP contribution in [0.3, 0.4) is 0 Å². The van der Waals surface area contributed by atoms with Gasteiger partial charge >= 0.3 is 6.18 Å². The molecule has 0 aliphatic heterocycles. The highest BCUT2D eigenvalue weighted by molar-refractivity contribution is 6.04. The molecule has 1 aromatic heterocycles. The van der Waals surface area contributed by atoms with Gasteiger partial charge in [0.1, 0.15) is 0 Å². The van der Waals surface area contributed by atoms with E-state index in [2.05, 4.69) is 5.10 Å². The normalized spacial score (nSPS) is 11.4. The smallest absolute Gasteiger partial charge is 0.310 e. The van der Waals surface area contributed by atoms with Gasteiger partial charge in [-0.3, -0.25) is 9.59 Å². The molecule has 0 atom stereocenters. The highest BCUT2D eigenvalue weighted by Crippen LogP contribution is 2.33. The van der Waals surface area contributed by atoms with Gasteiger partial charge in [0, 0.05) is 24.5 Å². The van der Waals surface area contributed by atoms with E-state index in [1.165, 1.54) is 37.1 Å². The van der Waals surface area contributed by atoms with Gasteiger partial charge in [-0.2, -0.15) is 18.3 Å². The summed E-state index contributed by atoms with van der Waals surface area (Å²) in [6.45, 7) is 3.35. The molecule has 0 aliphatic rings. The SMILES string of the molecule is Cc1ccc(N(C)C(=O)c2nn(-c3ccccc3C(F)(F)F)c(C)cc2=O)cc1. The highest BCUT2D eigenvalue weighted by atomic mass is 19.4. The molecule has 1 amide bonds. The second-order valence-corrected chi connectivity index (χ2v) is 6.63. The minimum atomic E-state index is -4.61. The van der Waals surface area contributed by atoms with Crippen molar-refractivity contribution < 1.29 is 18.0 Å². The van der Waals surface area contributed by atoms with Gasteiger partial charge in [-0.1, -0.05) is 29.8 Å². The number of aryl methyl sites for hydroxylation is 2. The summed E-state index contributed by atoms with van der Waals surface area (Å²) in [4.78, 5) is 26.5. The first-order valence-electron chi connectivity index (χ1n) is 8.72. The number of amides is 1. The molecule has 0 N–H and O–H groups in total. The number of anilines is 1. The molecule has 0 bridgehead atoms. The first-order valence-corrected chi connectivity index (χ1v) is 8.72. The van der Waals surface area contributed by atoms with Gasteiger partial charge < -0.3 is 4.90 Å². The standard InChI is InChI=1S/C21H18F3N3O2/c1-13-8-10-15(11-9-13)26(3)20(29)19-18(28)12-14(2)27(25-19)17-7-5-4-6-16(17)21(22,23)24/h4-12H,1-3H3. The number of carbonyl (C=O) groups is 1. The number of rotatable bonds is 3. The average molecular weight is 401 g/mol. The van der Waals surface area contributed by atoms with Crippen molar-refractivity contribution in [2.45, 2.75) is 20.0 Å². The Morgan fingerprint density at radius 2 is 1.66 bits per heavy atom. The van der Waals surface area contributed by atoms with E-state index in [1.807, 2.05) is 6.92 Å². The Morgan fingerprint density at radius 1 is 1.03 bits per heavy atom. The quantitative estimate of drug-likeness (QED) is 0.663. The monoisotopic (exact) mass is 401 g/mol. The molecule has 29 heavy (non-hydrogen) atoms. The Balaban J connectivity index is 2.11. The number of carbonyl (C=O) groups excluding carboxylic acids is 1. The summed E-state index contributed by atoms with van der Waals surface area (Å²) in [5.41, 5.74) is -0.586. The van der Waals surface area contributed by atoms with E-state index in [4.69, 9.17) is 0 Å². The molecule has 1 heterocycles. The summed E-state index contributed by atoms with van der Waals surface area (Å²) in [6.07, 6.45) is -4.61. The summed E-state index contributed by atoms with van der Waals surface area (Å²) >= 11 is 0. The van der Waals surface area contributed by atoms with Crippen LogP contribution >= 0.6 is 0 Å². The largest absolute Gasteiger partial charge is 0.418 e. The fraction of sp³-hybridized carbons (Fsp3) is 0.190. The fourth-order valence-electron chi connectivity index (χ4n) is 2.88. The van der Waals surface area contributed by atoms with Crippen molar-refractivity contribution in [3.05, 3.63) is 87.3 Å². The summed E-state index contributed by atoms with van der Waals surface area (Å²) in [7, 11) is 1.47. The summed E-state index contributed by atoms with van der Waals surface area (Å²) in [5, 5.41) is 3.99. The zero-order valence-corrected chi connectivity index (χ0v) is 16.0. The van der Waals surface area contributed by atoms with Crippen molar-refractivity contribution >= 4 is 11.6 Å². The lowest BCUT2D eigenvalue weighted by Crippen LogP contribution is -2.33. The molecule has 0 radical (unpaired) electrons. The van der Waals surface area contributed by atoms with Crippen LogP contribution in [-0.2, 0) is 6.18 Å². The molecule has 0 aliphatic carbocycles. The number of halogens is 3. The predicted octanol–water partition coefficient (Wildman–Crippen LogP) is 4.14. The van der Waals surface area contributed by atoms with E-state index in [0.29, 0.717) is 5.69 Å². The maximum atomic E-state index is 13.4. The predicted molar refractivity (Wildman–Crippen MR) is 103 cm³/mol. The Bertz CT molecular complexity index is 1120. The molecular formula is C21H18F3N3O2. The molecule has 5 nitrogen and oxygen atoms in total. The lowest BCUT2D eigenvalue weighted by atomic mass is 10.1. The molecule has 3 rings (SSSR count). The van der Waals surface area contributed by atoms with Crippen LogP contribution in [0, 0.1) is 13.8 Å². The van der Waals surface area contributed by atoms with E-state index in [-0.39, 0.29) is 11.4 Å². The number of para-hydroxylation sites is 1. The number of hydrogen-bond donors (Lipinski definition) is 0. The molecule has 2 aromatic carbocycles. The van der Waals surface area contributed by atoms with Crippen molar-refractivity contribution in [2.75, 3.05) is 11.9 Å². The van der Waals surface area contributed by atoms with Crippen molar-refractivity contribution in [1.29, 1.82) is 0 Å². The summed E-state index contributed by atoms with van der Waals surface area (Å²) in [5.74, 6) is -0.711. The number of nitrogens with zero attached hydrogens (tertiary/aromatic N) is 3. The Morgan fingerprint density at radius 3 is 2.28 bits per heavy atom. The molecule has 0 unspecified atom stereocenters. The first-order chi connectivity index (χ1) is 13.6. The highest BCUT2D eigenvalue weighted by Gasteiger charge is 2.34. The maximum absolute atomic E-state index is 13.4. The number of alkyl halides is 3. The van der Waals surface area contributed by atoms with Gasteiger partial charge in [-0.05, 0) is 38.1 Å². The third-order valence-electron chi connectivity index (χ3n) is 4.47. The molecule has 0 fully saturated rings. The number of hydrogen-bond acceptors (Lipinski definition) is 3. The molecule has 8 heteroatoms. The third-order valence-corrected chi connectivity index (χ3v) is 4.47. The first kappa shape index (κ1) is 20.3. The zero-order chi connectivity index (χ0) is 21.3. The second-order valence-electron chi connectivity index (χ2n) is 6.63. The van der Waals surface area contributed by atoms with Crippen LogP contribution in [0.2, 0.25) is 0 Å². The number of benzene rings is 2. The van der Waals surface area contributed by atoms with Crippen LogP contribution in [0.15, 0.2) is 59.4 Å². The third kappa shape index (κ3) is 4.06. The molecule has 0 saturated carbocycles. The van der Waals surface area contributed by atoms with E-state index in [0.717, 1.165) is 22.4 Å². The fourth-order valence-corrected chi connectivity index (χ4v) is 2.88. The minimum absolute atomic E-state index is 0.182. The van der Waals surface area contributed by atoms with E-state index in [1.54, 1.807) is 24.3 Å². The molecule has 3 aromatic rings. The molecular weight excluding hydrogens is 383 g/mol. The van der Waals surface area contributed by atoms with E-state index in [9.17, 15) is 22.8 Å². The molecule has 150 valence electrons. The average Bonchev–Trinajstić information content (AvgIpc) is 2.67. The van der Waals surface area contributed by atoms with Crippen LogP contribution in [0.4, 0.5) is 18.9 Å². The molecule has 0 saturated heterocycles. The Kier molecular flexibility index (Phi) is 5.28. The second kappa shape index (κ2) is 7.54. The van der Waals surface area contributed by atoms with Gasteiger partial charge in [0.25, 0.3) is 5.91 Å². The van der Waals surface area contributed by atoms with Gasteiger partial charge in [0.05, 0.1) is 11.3 Å². The van der Waals surface area contributed by atoms with E-state index >= 15 is 0 Å². The lowest BCUT2D eigenvalue weighted by Gasteiger charge is -2.19. The minimum Gasteiger partial charge on any atom is -0.310 e. The molecule has 0 spiro atoms. The maximum Gasteiger partial charge on any atom is 0.418 e. The van der Waals surface area contributed by atoms with Crippen LogP contribution in [0.25, 0.3) is 5.69 Å². The van der Waals surface area contributed by atoms with Gasteiger partial charge in [-0.25, -0.2) is 4.68 Å². The lowest BCUT2D eigenvalue weighted by molar-refractivity contribution is -0.137. The van der Waals surface area contributed by atoms with Crippen molar-refractivity contribution in [3.8, 4) is 5.69 Å². The van der Waals surface area contributed by atoms with Crippen molar-refractivity contribution in [2.24, 2.45) is 0 Å². The topological polar surface area (TPSA) is 55.2 Å². The van der Waals surface area contributed by atoms with Gasteiger partial charge in [-0.15, -0.1) is 0 Å². The number of aromatic nitrogens is 2. The van der Waals surface area contributed by atoms with Crippen LogP contribution in [0.5, 0.6) is 0 Å².